The summed E-state index contributed by atoms with van der Waals surface area (Å²) in [5.41, 5.74) is 4.34. The van der Waals surface area contributed by atoms with Crippen molar-refractivity contribution in [1.82, 2.24) is 4.98 Å². The summed E-state index contributed by atoms with van der Waals surface area (Å²) in [6.07, 6.45) is 0. The maximum absolute atomic E-state index is 13.4. The third kappa shape index (κ3) is 4.13. The van der Waals surface area contributed by atoms with Gasteiger partial charge in [0.05, 0.1) is 29.4 Å². The molecule has 0 fully saturated rings. The Morgan fingerprint density at radius 3 is 2.52 bits per heavy atom. The molecule has 0 bridgehead atoms. The maximum atomic E-state index is 13.4. The molecule has 1 heterocycles. The number of halogens is 1. The number of hydrogen-bond donors (Lipinski definition) is 1. The van der Waals surface area contributed by atoms with E-state index in [4.69, 9.17) is 21.3 Å². The second-order valence-electron chi connectivity index (χ2n) is 7.01. The minimum absolute atomic E-state index is 0.290. The van der Waals surface area contributed by atoms with Crippen molar-refractivity contribution in [2.24, 2.45) is 0 Å². The van der Waals surface area contributed by atoms with Gasteiger partial charge < -0.3 is 10.1 Å². The van der Waals surface area contributed by atoms with Crippen LogP contribution in [-0.4, -0.2) is 24.0 Å². The lowest BCUT2D eigenvalue weighted by atomic mass is 9.97. The summed E-state index contributed by atoms with van der Waals surface area (Å²) in [6, 6.07) is 21.5. The van der Waals surface area contributed by atoms with Crippen molar-refractivity contribution >= 4 is 40.1 Å². The van der Waals surface area contributed by atoms with E-state index in [1.165, 1.54) is 7.11 Å². The summed E-state index contributed by atoms with van der Waals surface area (Å²) < 4.78 is 4.76. The molecule has 1 aromatic heterocycles. The van der Waals surface area contributed by atoms with Crippen molar-refractivity contribution in [3.63, 3.8) is 0 Å². The number of nitrogens with one attached hydrogen (secondary N) is 1. The molecule has 0 atom stereocenters. The van der Waals surface area contributed by atoms with E-state index < -0.39 is 5.97 Å². The Labute approximate surface area is 184 Å². The summed E-state index contributed by atoms with van der Waals surface area (Å²) in [5, 5.41) is 4.24. The second kappa shape index (κ2) is 8.58. The first-order chi connectivity index (χ1) is 15.0. The first-order valence-electron chi connectivity index (χ1n) is 9.63. The molecule has 0 radical (unpaired) electrons. The van der Waals surface area contributed by atoms with E-state index in [9.17, 15) is 9.59 Å². The largest absolute Gasteiger partial charge is 0.465 e. The maximum Gasteiger partial charge on any atom is 0.337 e. The van der Waals surface area contributed by atoms with Gasteiger partial charge in [-0.05, 0) is 48.9 Å². The molecule has 4 rings (SSSR count). The minimum atomic E-state index is -0.468. The highest BCUT2D eigenvalue weighted by molar-refractivity contribution is 6.30. The molecule has 154 valence electrons. The Morgan fingerprint density at radius 2 is 1.74 bits per heavy atom. The molecule has 0 saturated heterocycles. The summed E-state index contributed by atoms with van der Waals surface area (Å²) in [6.45, 7) is 1.87. The molecule has 3 aromatic carbocycles. The monoisotopic (exact) mass is 430 g/mol. The van der Waals surface area contributed by atoms with E-state index in [1.54, 1.807) is 30.3 Å². The molecule has 0 unspecified atom stereocenters. The molecule has 1 amide bonds. The fourth-order valence-electron chi connectivity index (χ4n) is 3.55. The van der Waals surface area contributed by atoms with Crippen LogP contribution in [0.4, 0.5) is 5.69 Å². The van der Waals surface area contributed by atoms with Gasteiger partial charge in [0.15, 0.2) is 0 Å². The van der Waals surface area contributed by atoms with Gasteiger partial charge in [-0.25, -0.2) is 9.78 Å². The van der Waals surface area contributed by atoms with E-state index >= 15 is 0 Å². The number of pyridine rings is 1. The van der Waals surface area contributed by atoms with E-state index in [2.05, 4.69) is 5.32 Å². The summed E-state index contributed by atoms with van der Waals surface area (Å²) >= 11 is 6.18. The van der Waals surface area contributed by atoms with Crippen LogP contribution in [0.1, 0.15) is 26.3 Å². The number of fused-ring (bicyclic) bond motifs is 1. The molecule has 31 heavy (non-hydrogen) atoms. The van der Waals surface area contributed by atoms with Crippen LogP contribution in [0.25, 0.3) is 22.2 Å². The van der Waals surface area contributed by atoms with Crippen LogP contribution >= 0.6 is 11.6 Å². The summed E-state index contributed by atoms with van der Waals surface area (Å²) in [5.74, 6) is -0.758. The van der Waals surface area contributed by atoms with Crippen LogP contribution in [0, 0.1) is 6.92 Å². The molecule has 6 heteroatoms. The number of esters is 1. The van der Waals surface area contributed by atoms with Gasteiger partial charge >= 0.3 is 5.97 Å². The number of amides is 1. The number of anilines is 1. The lowest BCUT2D eigenvalue weighted by Gasteiger charge is -2.15. The Bertz CT molecular complexity index is 1320. The topological polar surface area (TPSA) is 68.3 Å². The fraction of sp³-hybridized carbons (Fsp3) is 0.0800. The van der Waals surface area contributed by atoms with Gasteiger partial charge in [-0.15, -0.1) is 0 Å². The second-order valence-corrected chi connectivity index (χ2v) is 7.45. The quantitative estimate of drug-likeness (QED) is 0.409. The van der Waals surface area contributed by atoms with Crippen molar-refractivity contribution in [1.29, 1.82) is 0 Å². The molecular weight excluding hydrogens is 412 g/mol. The Kier molecular flexibility index (Phi) is 5.69. The number of para-hydroxylation sites is 1. The zero-order valence-electron chi connectivity index (χ0n) is 17.0. The number of ether oxygens (including phenoxy) is 1. The van der Waals surface area contributed by atoms with Gasteiger partial charge in [-0.2, -0.15) is 0 Å². The normalized spacial score (nSPS) is 10.7. The number of carbonyl (C=O) groups excluding carboxylic acids is 2. The molecule has 0 aliphatic heterocycles. The first-order valence-corrected chi connectivity index (χ1v) is 10.0. The van der Waals surface area contributed by atoms with E-state index in [0.717, 1.165) is 16.5 Å². The van der Waals surface area contributed by atoms with Crippen LogP contribution < -0.4 is 5.32 Å². The Balaban J connectivity index is 1.82. The SMILES string of the molecule is COC(=O)c1cccc(NC(=O)c2c(C)c(-c3cccc(Cl)c3)nc3ccccc23)c1. The van der Waals surface area contributed by atoms with E-state index in [1.807, 2.05) is 49.4 Å². The Morgan fingerprint density at radius 1 is 0.968 bits per heavy atom. The van der Waals surface area contributed by atoms with Crippen LogP contribution in [0.5, 0.6) is 0 Å². The lowest BCUT2D eigenvalue weighted by Crippen LogP contribution is -2.15. The van der Waals surface area contributed by atoms with Crippen molar-refractivity contribution in [2.45, 2.75) is 6.92 Å². The number of aromatic nitrogens is 1. The Hall–Kier alpha value is -3.70. The highest BCUT2D eigenvalue weighted by atomic mass is 35.5. The molecule has 0 aliphatic carbocycles. The molecule has 0 saturated carbocycles. The van der Waals surface area contributed by atoms with Crippen LogP contribution in [0.2, 0.25) is 5.02 Å². The molecule has 4 aromatic rings. The standard InChI is InChI=1S/C25H19ClN2O3/c1-15-22(24(29)27-19-10-6-8-17(14-19)25(30)31-2)20-11-3-4-12-21(20)28-23(15)16-7-5-9-18(26)13-16/h3-14H,1-2H3,(H,27,29). The van der Waals surface area contributed by atoms with E-state index in [-0.39, 0.29) is 5.91 Å². The van der Waals surface area contributed by atoms with Crippen molar-refractivity contribution in [2.75, 3.05) is 12.4 Å². The molecule has 5 nitrogen and oxygen atoms in total. The van der Waals surface area contributed by atoms with Gasteiger partial charge in [0.1, 0.15) is 0 Å². The first kappa shape index (κ1) is 20.6. The highest BCUT2D eigenvalue weighted by Crippen LogP contribution is 2.31. The number of benzene rings is 3. The minimum Gasteiger partial charge on any atom is -0.465 e. The van der Waals surface area contributed by atoms with Gasteiger partial charge in [0.2, 0.25) is 0 Å². The average Bonchev–Trinajstić information content (AvgIpc) is 2.78. The van der Waals surface area contributed by atoms with Gasteiger partial charge in [0, 0.05) is 21.7 Å². The predicted octanol–water partition coefficient (Wildman–Crippen LogP) is 5.90. The molecule has 0 spiro atoms. The number of methoxy groups -OCH3 is 1. The molecule has 1 N–H and O–H groups in total. The zero-order valence-corrected chi connectivity index (χ0v) is 17.7. The van der Waals surface area contributed by atoms with Crippen molar-refractivity contribution < 1.29 is 14.3 Å². The lowest BCUT2D eigenvalue weighted by molar-refractivity contribution is 0.0600. The third-order valence-corrected chi connectivity index (χ3v) is 5.24. The third-order valence-electron chi connectivity index (χ3n) is 5.00. The van der Waals surface area contributed by atoms with Gasteiger partial charge in [-0.1, -0.05) is 48.0 Å². The van der Waals surface area contributed by atoms with Crippen LogP contribution in [0.3, 0.4) is 0 Å². The highest BCUT2D eigenvalue weighted by Gasteiger charge is 2.19. The molecule has 0 aliphatic rings. The van der Waals surface area contributed by atoms with Crippen LogP contribution in [-0.2, 0) is 4.74 Å². The number of carbonyl (C=O) groups is 2. The van der Waals surface area contributed by atoms with Gasteiger partial charge in [0.25, 0.3) is 5.91 Å². The molecular formula is C25H19ClN2O3. The number of nitrogens with zero attached hydrogens (tertiary/aromatic N) is 1. The van der Waals surface area contributed by atoms with Gasteiger partial charge in [-0.3, -0.25) is 4.79 Å². The predicted molar refractivity (Wildman–Crippen MR) is 123 cm³/mol. The van der Waals surface area contributed by atoms with Crippen molar-refractivity contribution in [3.05, 3.63) is 94.5 Å². The zero-order chi connectivity index (χ0) is 22.0. The van der Waals surface area contributed by atoms with Crippen molar-refractivity contribution in [3.8, 4) is 11.3 Å². The fourth-order valence-corrected chi connectivity index (χ4v) is 3.74. The smallest absolute Gasteiger partial charge is 0.337 e. The summed E-state index contributed by atoms with van der Waals surface area (Å²) in [7, 11) is 1.32. The van der Waals surface area contributed by atoms with E-state index in [0.29, 0.717) is 33.0 Å². The van der Waals surface area contributed by atoms with Crippen LogP contribution in [0.15, 0.2) is 72.8 Å². The summed E-state index contributed by atoms with van der Waals surface area (Å²) in [4.78, 5) is 30.0. The number of hydrogen-bond acceptors (Lipinski definition) is 4. The average molecular weight is 431 g/mol. The number of rotatable bonds is 4.